The molecule has 6 heteroatoms. The van der Waals surface area contributed by atoms with Crippen LogP contribution in [0.5, 0.6) is 5.75 Å². The molecule has 0 saturated carbocycles. The maximum absolute atomic E-state index is 12.6. The number of nitrogens with one attached hydrogen (secondary N) is 1. The maximum atomic E-state index is 12.6. The number of carbonyl (C=O) groups excluding carboxylic acids is 1. The third kappa shape index (κ3) is 4.80. The first-order chi connectivity index (χ1) is 15.9. The zero-order valence-electron chi connectivity index (χ0n) is 19.5. The molecule has 0 aliphatic carbocycles. The maximum Gasteiger partial charge on any atom is 0.339 e. The molecule has 4 rings (SSSR count). The van der Waals surface area contributed by atoms with Crippen molar-refractivity contribution in [3.8, 4) is 5.75 Å². The third-order valence-corrected chi connectivity index (χ3v) is 6.09. The number of carbonyl (C=O) groups is 1. The Morgan fingerprint density at radius 3 is 2.39 bits per heavy atom. The molecule has 0 saturated heterocycles. The van der Waals surface area contributed by atoms with Gasteiger partial charge < -0.3 is 18.9 Å². The van der Waals surface area contributed by atoms with Gasteiger partial charge in [-0.2, -0.15) is 0 Å². The van der Waals surface area contributed by atoms with Gasteiger partial charge in [-0.15, -0.1) is 0 Å². The topological polar surface area (TPSA) is 81.7 Å². The van der Waals surface area contributed by atoms with E-state index in [1.807, 2.05) is 51.1 Å². The predicted octanol–water partition coefficient (Wildman–Crippen LogP) is 6.21. The lowest BCUT2D eigenvalue weighted by atomic mass is 10.0. The minimum absolute atomic E-state index is 0.162. The summed E-state index contributed by atoms with van der Waals surface area (Å²) in [5.74, 6) is 1.46. The van der Waals surface area contributed by atoms with E-state index in [2.05, 4.69) is 12.2 Å². The van der Waals surface area contributed by atoms with Crippen molar-refractivity contribution in [3.05, 3.63) is 69.3 Å². The van der Waals surface area contributed by atoms with Crippen molar-refractivity contribution in [2.75, 3.05) is 11.9 Å². The number of ether oxygens (including phenoxy) is 1. The fourth-order valence-corrected chi connectivity index (χ4v) is 3.94. The van der Waals surface area contributed by atoms with E-state index in [1.165, 1.54) is 0 Å². The molecule has 2 heterocycles. The first kappa shape index (κ1) is 22.6. The van der Waals surface area contributed by atoms with Crippen molar-refractivity contribution in [2.24, 2.45) is 0 Å². The van der Waals surface area contributed by atoms with Crippen LogP contribution in [0.25, 0.3) is 21.9 Å². The minimum Gasteiger partial charge on any atom is -0.494 e. The summed E-state index contributed by atoms with van der Waals surface area (Å²) in [4.78, 5) is 25.1. The largest absolute Gasteiger partial charge is 0.494 e. The number of benzene rings is 2. The molecule has 0 aliphatic heterocycles. The normalized spacial score (nSPS) is 11.3. The number of unbranched alkanes of at least 4 members (excludes halogenated alkanes) is 1. The number of hydrogen-bond acceptors (Lipinski definition) is 5. The van der Waals surface area contributed by atoms with Gasteiger partial charge in [0.2, 0.25) is 5.91 Å². The van der Waals surface area contributed by atoms with Crippen molar-refractivity contribution in [3.63, 3.8) is 0 Å². The van der Waals surface area contributed by atoms with Crippen molar-refractivity contribution in [2.45, 2.75) is 53.4 Å². The van der Waals surface area contributed by atoms with Crippen LogP contribution in [0.4, 0.5) is 5.69 Å². The SMILES string of the molecule is CCCCOc1ccc(NC(=O)CCc2c(C)c3cc4c(C)c(C)oc4cc3oc2=O)cc1. The van der Waals surface area contributed by atoms with E-state index in [9.17, 15) is 9.59 Å². The second kappa shape index (κ2) is 9.53. The number of furan rings is 1. The quantitative estimate of drug-likeness (QED) is 0.256. The van der Waals surface area contributed by atoms with Crippen molar-refractivity contribution in [1.29, 1.82) is 0 Å². The molecular formula is C27H29NO5. The Balaban J connectivity index is 1.47. The smallest absolute Gasteiger partial charge is 0.339 e. The highest BCUT2D eigenvalue weighted by molar-refractivity contribution is 5.97. The van der Waals surface area contributed by atoms with Gasteiger partial charge in [-0.1, -0.05) is 13.3 Å². The molecule has 6 nitrogen and oxygen atoms in total. The van der Waals surface area contributed by atoms with Crippen LogP contribution < -0.4 is 15.7 Å². The third-order valence-electron chi connectivity index (χ3n) is 6.09. The molecule has 0 radical (unpaired) electrons. The number of hydrogen-bond donors (Lipinski definition) is 1. The molecule has 0 spiro atoms. The Labute approximate surface area is 192 Å². The number of rotatable bonds is 8. The van der Waals surface area contributed by atoms with E-state index >= 15 is 0 Å². The van der Waals surface area contributed by atoms with Gasteiger partial charge in [-0.3, -0.25) is 4.79 Å². The summed E-state index contributed by atoms with van der Waals surface area (Å²) < 4.78 is 17.0. The minimum atomic E-state index is -0.416. The van der Waals surface area contributed by atoms with E-state index in [0.717, 1.165) is 46.3 Å². The average Bonchev–Trinajstić information content (AvgIpc) is 3.06. The molecule has 2 aromatic carbocycles. The Morgan fingerprint density at radius 1 is 0.970 bits per heavy atom. The summed E-state index contributed by atoms with van der Waals surface area (Å²) in [5.41, 5.74) is 3.90. The van der Waals surface area contributed by atoms with Gasteiger partial charge in [0.15, 0.2) is 0 Å². The summed E-state index contributed by atoms with van der Waals surface area (Å²) in [6.07, 6.45) is 2.57. The molecular weight excluding hydrogens is 418 g/mol. The lowest BCUT2D eigenvalue weighted by Gasteiger charge is -2.10. The Bertz CT molecular complexity index is 1360. The average molecular weight is 448 g/mol. The number of aryl methyl sites for hydroxylation is 3. The van der Waals surface area contributed by atoms with Gasteiger partial charge in [0.25, 0.3) is 0 Å². The van der Waals surface area contributed by atoms with Gasteiger partial charge in [0, 0.05) is 34.5 Å². The fourth-order valence-electron chi connectivity index (χ4n) is 3.94. The summed E-state index contributed by atoms with van der Waals surface area (Å²) in [6.45, 7) is 8.63. The number of fused-ring (bicyclic) bond motifs is 2. The molecule has 1 N–H and O–H groups in total. The van der Waals surface area contributed by atoms with Crippen LogP contribution in [0.3, 0.4) is 0 Å². The molecule has 4 aromatic rings. The second-order valence-electron chi connectivity index (χ2n) is 8.40. The van der Waals surface area contributed by atoms with Gasteiger partial charge in [0.05, 0.1) is 6.61 Å². The van der Waals surface area contributed by atoms with Gasteiger partial charge in [-0.05, 0) is 75.1 Å². The van der Waals surface area contributed by atoms with Crippen LogP contribution in [-0.4, -0.2) is 12.5 Å². The first-order valence-electron chi connectivity index (χ1n) is 11.4. The van der Waals surface area contributed by atoms with E-state index in [4.69, 9.17) is 13.6 Å². The Kier molecular flexibility index (Phi) is 6.54. The van der Waals surface area contributed by atoms with E-state index in [0.29, 0.717) is 35.4 Å². The fraction of sp³-hybridized carbons (Fsp3) is 0.333. The van der Waals surface area contributed by atoms with E-state index < -0.39 is 5.63 Å². The lowest BCUT2D eigenvalue weighted by molar-refractivity contribution is -0.116. The van der Waals surface area contributed by atoms with Crippen LogP contribution in [0.2, 0.25) is 0 Å². The van der Waals surface area contributed by atoms with Gasteiger partial charge in [0.1, 0.15) is 22.7 Å². The molecule has 172 valence electrons. The second-order valence-corrected chi connectivity index (χ2v) is 8.40. The zero-order chi connectivity index (χ0) is 23.5. The van der Waals surface area contributed by atoms with Crippen molar-refractivity contribution in [1.82, 2.24) is 0 Å². The summed E-state index contributed by atoms with van der Waals surface area (Å²) in [5, 5.41) is 4.74. The van der Waals surface area contributed by atoms with E-state index in [1.54, 1.807) is 6.07 Å². The molecule has 0 bridgehead atoms. The summed E-state index contributed by atoms with van der Waals surface area (Å²) in [6, 6.07) is 11.1. The van der Waals surface area contributed by atoms with Crippen LogP contribution in [0.15, 0.2) is 50.0 Å². The van der Waals surface area contributed by atoms with Crippen molar-refractivity contribution < 1.29 is 18.4 Å². The summed E-state index contributed by atoms with van der Waals surface area (Å²) >= 11 is 0. The predicted molar refractivity (Wildman–Crippen MR) is 130 cm³/mol. The molecule has 0 fully saturated rings. The van der Waals surface area contributed by atoms with E-state index in [-0.39, 0.29) is 12.3 Å². The van der Waals surface area contributed by atoms with Crippen LogP contribution in [0.1, 0.15) is 48.6 Å². The van der Waals surface area contributed by atoms with Gasteiger partial charge in [-0.25, -0.2) is 4.79 Å². The van der Waals surface area contributed by atoms with Crippen LogP contribution >= 0.6 is 0 Å². The highest BCUT2D eigenvalue weighted by Gasteiger charge is 2.16. The highest BCUT2D eigenvalue weighted by atomic mass is 16.5. The van der Waals surface area contributed by atoms with Crippen molar-refractivity contribution >= 4 is 33.5 Å². The Morgan fingerprint density at radius 2 is 1.67 bits per heavy atom. The molecule has 33 heavy (non-hydrogen) atoms. The first-order valence-corrected chi connectivity index (χ1v) is 11.4. The molecule has 0 aliphatic rings. The number of anilines is 1. The van der Waals surface area contributed by atoms with Crippen LogP contribution in [0, 0.1) is 20.8 Å². The van der Waals surface area contributed by atoms with Crippen LogP contribution in [-0.2, 0) is 11.2 Å². The summed E-state index contributed by atoms with van der Waals surface area (Å²) in [7, 11) is 0. The monoisotopic (exact) mass is 447 g/mol. The highest BCUT2D eigenvalue weighted by Crippen LogP contribution is 2.31. The molecule has 0 atom stereocenters. The molecule has 2 aromatic heterocycles. The van der Waals surface area contributed by atoms with Gasteiger partial charge >= 0.3 is 5.63 Å². The Hall–Kier alpha value is -3.54. The lowest BCUT2D eigenvalue weighted by Crippen LogP contribution is -2.16. The standard InChI is InChI=1S/C27H29NO5/c1-5-6-13-31-20-9-7-19(8-10-20)28-26(29)12-11-21-17(3)23-14-22-16(2)18(4)32-24(22)15-25(23)33-27(21)30/h7-10,14-15H,5-6,11-13H2,1-4H3,(H,28,29). The molecule has 0 unspecified atom stereocenters. The number of amides is 1. The molecule has 1 amide bonds. The zero-order valence-corrected chi connectivity index (χ0v) is 19.5.